The van der Waals surface area contributed by atoms with Crippen LogP contribution in [-0.4, -0.2) is 52.4 Å². The van der Waals surface area contributed by atoms with Crippen molar-refractivity contribution >= 4 is 11.6 Å². The highest BCUT2D eigenvalue weighted by molar-refractivity contribution is 5.94. The lowest BCUT2D eigenvalue weighted by Gasteiger charge is -2.25. The number of hydrogen-bond donors (Lipinski definition) is 1. The summed E-state index contributed by atoms with van der Waals surface area (Å²) in [7, 11) is 1.63. The fraction of sp³-hybridized carbons (Fsp3) is 0.458. The lowest BCUT2D eigenvalue weighted by atomic mass is 10.2. The lowest BCUT2D eigenvalue weighted by molar-refractivity contribution is -0.894. The molecule has 0 bridgehead atoms. The van der Waals surface area contributed by atoms with E-state index in [1.807, 2.05) is 48.5 Å². The van der Waals surface area contributed by atoms with Crippen LogP contribution in [0, 0.1) is 0 Å². The van der Waals surface area contributed by atoms with Gasteiger partial charge in [0.2, 0.25) is 0 Å². The van der Waals surface area contributed by atoms with Gasteiger partial charge in [-0.1, -0.05) is 13.0 Å². The molecule has 0 aliphatic carbocycles. The van der Waals surface area contributed by atoms with Crippen LogP contribution in [0.25, 0.3) is 0 Å². The summed E-state index contributed by atoms with van der Waals surface area (Å²) >= 11 is 0. The van der Waals surface area contributed by atoms with Gasteiger partial charge in [-0.15, -0.1) is 0 Å². The first-order valence-electron chi connectivity index (χ1n) is 10.7. The van der Waals surface area contributed by atoms with E-state index < -0.39 is 0 Å². The summed E-state index contributed by atoms with van der Waals surface area (Å²) < 4.78 is 16.7. The number of carbonyl (C=O) groups excluding carboxylic acids is 1. The minimum Gasteiger partial charge on any atom is -1.00 e. The fourth-order valence-electron chi connectivity index (χ4n) is 3.12. The summed E-state index contributed by atoms with van der Waals surface area (Å²) in [5.74, 6) is 2.09. The zero-order valence-corrected chi connectivity index (χ0v) is 19.8. The molecule has 31 heavy (non-hydrogen) atoms. The van der Waals surface area contributed by atoms with Crippen molar-refractivity contribution in [3.05, 3.63) is 48.5 Å². The van der Waals surface area contributed by atoms with Crippen LogP contribution in [-0.2, 0) is 4.79 Å². The minimum atomic E-state index is -0.0823. The highest BCUT2D eigenvalue weighted by Gasteiger charge is 2.19. The summed E-state index contributed by atoms with van der Waals surface area (Å²) in [6.07, 6.45) is 0.960. The molecular weight excluding hydrogens is 416 g/mol. The van der Waals surface area contributed by atoms with Crippen molar-refractivity contribution in [2.75, 3.05) is 51.4 Å². The van der Waals surface area contributed by atoms with E-state index in [1.165, 1.54) is 4.90 Å². The van der Waals surface area contributed by atoms with Crippen LogP contribution in [0.4, 0.5) is 5.69 Å². The van der Waals surface area contributed by atoms with E-state index in [9.17, 15) is 4.79 Å². The maximum atomic E-state index is 13.0. The van der Waals surface area contributed by atoms with Gasteiger partial charge in [-0.3, -0.25) is 4.79 Å². The molecule has 0 unspecified atom stereocenters. The number of methoxy groups -OCH3 is 1. The maximum Gasteiger partial charge on any atom is 0.265 e. The van der Waals surface area contributed by atoms with Gasteiger partial charge in [0, 0.05) is 11.8 Å². The van der Waals surface area contributed by atoms with Crippen molar-refractivity contribution < 1.29 is 36.3 Å². The smallest absolute Gasteiger partial charge is 0.265 e. The van der Waals surface area contributed by atoms with Gasteiger partial charge >= 0.3 is 0 Å². The molecule has 2 aromatic carbocycles. The van der Waals surface area contributed by atoms with Crippen LogP contribution in [0.15, 0.2) is 48.5 Å². The van der Waals surface area contributed by atoms with Crippen molar-refractivity contribution in [3.63, 3.8) is 0 Å². The molecule has 1 amide bonds. The molecule has 0 heterocycles. The number of carbonyl (C=O) groups is 1. The fourth-order valence-corrected chi connectivity index (χ4v) is 3.12. The molecule has 0 aromatic heterocycles. The Labute approximate surface area is 192 Å². The number of quaternary nitrogens is 1. The number of anilines is 1. The van der Waals surface area contributed by atoms with E-state index in [-0.39, 0.29) is 24.9 Å². The first kappa shape index (κ1) is 26.6. The topological polar surface area (TPSA) is 52.4 Å². The van der Waals surface area contributed by atoms with Gasteiger partial charge in [0.25, 0.3) is 5.91 Å². The first-order chi connectivity index (χ1) is 14.6. The Morgan fingerprint density at radius 2 is 1.58 bits per heavy atom. The molecule has 172 valence electrons. The Bertz CT molecular complexity index is 766. The van der Waals surface area contributed by atoms with Gasteiger partial charge < -0.3 is 36.4 Å². The third-order valence-corrected chi connectivity index (χ3v) is 5.01. The highest BCUT2D eigenvalue weighted by Crippen LogP contribution is 2.22. The largest absolute Gasteiger partial charge is 1.00 e. The number of benzene rings is 2. The number of ether oxygens (including phenoxy) is 3. The molecule has 0 saturated heterocycles. The number of rotatable bonds is 13. The summed E-state index contributed by atoms with van der Waals surface area (Å²) in [4.78, 5) is 16.3. The SMILES string of the molecule is CCCOc1ccc(OCC(=O)N(CC[NH+](CC)CC)c2cccc(OC)c2)cc1.[Cl-]. The average Bonchev–Trinajstić information content (AvgIpc) is 2.79. The molecule has 0 atom stereocenters. The Morgan fingerprint density at radius 3 is 2.16 bits per heavy atom. The van der Waals surface area contributed by atoms with E-state index in [1.54, 1.807) is 12.0 Å². The normalized spacial score (nSPS) is 10.4. The van der Waals surface area contributed by atoms with Gasteiger partial charge in [-0.05, 0) is 56.7 Å². The molecule has 0 radical (unpaired) electrons. The quantitative estimate of drug-likeness (QED) is 0.460. The number of halogens is 1. The van der Waals surface area contributed by atoms with Crippen molar-refractivity contribution in [2.24, 2.45) is 0 Å². The molecule has 0 aliphatic rings. The molecule has 0 aliphatic heterocycles. The summed E-state index contributed by atoms with van der Waals surface area (Å²) in [6, 6.07) is 15.0. The van der Waals surface area contributed by atoms with Gasteiger partial charge in [0.15, 0.2) is 6.61 Å². The third-order valence-electron chi connectivity index (χ3n) is 5.01. The summed E-state index contributed by atoms with van der Waals surface area (Å²) in [6.45, 7) is 10.6. The first-order valence-corrected chi connectivity index (χ1v) is 10.7. The molecular formula is C24H35ClN2O4. The van der Waals surface area contributed by atoms with Crippen LogP contribution in [0.2, 0.25) is 0 Å². The van der Waals surface area contributed by atoms with Crippen LogP contribution in [0.5, 0.6) is 17.2 Å². The number of nitrogens with one attached hydrogen (secondary N) is 1. The molecule has 7 heteroatoms. The molecule has 2 aromatic rings. The zero-order chi connectivity index (χ0) is 21.8. The number of likely N-dealkylation sites (N-methyl/N-ethyl adjacent to an activating group) is 1. The van der Waals surface area contributed by atoms with Crippen molar-refractivity contribution in [2.45, 2.75) is 27.2 Å². The lowest BCUT2D eigenvalue weighted by Crippen LogP contribution is -3.12. The van der Waals surface area contributed by atoms with Crippen molar-refractivity contribution in [1.82, 2.24) is 0 Å². The standard InChI is InChI=1S/C24H34N2O4.ClH/c1-5-17-29-21-11-13-22(14-12-21)30-19-24(27)26(16-15-25(6-2)7-3)20-9-8-10-23(18-20)28-4;/h8-14,18H,5-7,15-17,19H2,1-4H3;1H. The molecule has 0 saturated carbocycles. The maximum absolute atomic E-state index is 13.0. The summed E-state index contributed by atoms with van der Waals surface area (Å²) in [5.41, 5.74) is 0.817. The van der Waals surface area contributed by atoms with Gasteiger partial charge in [0.1, 0.15) is 17.2 Å². The highest BCUT2D eigenvalue weighted by atomic mass is 35.5. The minimum absolute atomic E-state index is 0. The average molecular weight is 451 g/mol. The molecule has 2 rings (SSSR count). The van der Waals surface area contributed by atoms with Crippen LogP contribution in [0.1, 0.15) is 27.2 Å². The molecule has 0 fully saturated rings. The zero-order valence-electron chi connectivity index (χ0n) is 19.0. The summed E-state index contributed by atoms with van der Waals surface area (Å²) in [5, 5.41) is 0. The van der Waals surface area contributed by atoms with E-state index in [2.05, 4.69) is 20.8 Å². The number of nitrogens with zero attached hydrogens (tertiary/aromatic N) is 1. The Hall–Kier alpha value is -2.44. The molecule has 6 nitrogen and oxygen atoms in total. The Kier molecular flexibility index (Phi) is 12.5. The molecule has 0 spiro atoms. The second kappa shape index (κ2) is 14.5. The second-order valence-corrected chi connectivity index (χ2v) is 7.06. The van der Waals surface area contributed by atoms with Crippen molar-refractivity contribution in [1.29, 1.82) is 0 Å². The van der Waals surface area contributed by atoms with Crippen LogP contribution in [0.3, 0.4) is 0 Å². The van der Waals surface area contributed by atoms with E-state index in [0.717, 1.165) is 43.2 Å². The molecule has 1 N–H and O–H groups in total. The Balaban J connectivity index is 0.00000480. The predicted octanol–water partition coefficient (Wildman–Crippen LogP) is -0.175. The van der Waals surface area contributed by atoms with Crippen molar-refractivity contribution in [3.8, 4) is 17.2 Å². The van der Waals surface area contributed by atoms with Crippen LogP contribution < -0.4 is 36.4 Å². The van der Waals surface area contributed by atoms with Gasteiger partial charge in [-0.2, -0.15) is 0 Å². The van der Waals surface area contributed by atoms with Crippen LogP contribution >= 0.6 is 0 Å². The second-order valence-electron chi connectivity index (χ2n) is 7.06. The number of hydrogen-bond acceptors (Lipinski definition) is 4. The monoisotopic (exact) mass is 450 g/mol. The predicted molar refractivity (Wildman–Crippen MR) is 120 cm³/mol. The van der Waals surface area contributed by atoms with E-state index >= 15 is 0 Å². The van der Waals surface area contributed by atoms with E-state index in [0.29, 0.717) is 18.9 Å². The number of amides is 1. The van der Waals surface area contributed by atoms with E-state index in [4.69, 9.17) is 14.2 Å². The van der Waals surface area contributed by atoms with Gasteiger partial charge in [0.05, 0.1) is 39.9 Å². The third kappa shape index (κ3) is 8.67. The van der Waals surface area contributed by atoms with Gasteiger partial charge in [-0.25, -0.2) is 0 Å². The Morgan fingerprint density at radius 1 is 0.935 bits per heavy atom.